The second-order valence-corrected chi connectivity index (χ2v) is 13.2. The fraction of sp³-hybridized carbons (Fsp3) is 0.500. The van der Waals surface area contributed by atoms with Crippen molar-refractivity contribution < 1.29 is 17.4 Å². The zero-order valence-corrected chi connectivity index (χ0v) is 23.4. The zero-order valence-electron chi connectivity index (χ0n) is 22.5. The summed E-state index contributed by atoms with van der Waals surface area (Å²) in [7, 11) is -1.17. The average Bonchev–Trinajstić information content (AvgIpc) is 3.48. The number of halogens is 3. The molecule has 216 valence electrons. The molecular weight excluding hydrogens is 557 g/mol. The molecule has 0 aromatic carbocycles. The van der Waals surface area contributed by atoms with E-state index < -0.39 is 23.7 Å². The summed E-state index contributed by atoms with van der Waals surface area (Å²) in [6.07, 6.45) is 4.49. The Bertz CT molecular complexity index is 1630. The number of alkyl halides is 3. The van der Waals surface area contributed by atoms with Crippen LogP contribution in [0.1, 0.15) is 32.7 Å². The van der Waals surface area contributed by atoms with Crippen LogP contribution in [0.25, 0.3) is 22.3 Å². The fourth-order valence-corrected chi connectivity index (χ4v) is 6.93. The maximum atomic E-state index is 12.7. The van der Waals surface area contributed by atoms with E-state index in [-0.39, 0.29) is 16.7 Å². The fourth-order valence-electron chi connectivity index (χ4n) is 5.73. The SMILES string of the molecule is CC(C)n1nc(N2CC3(CN(CC(F)(F)F)C3)C2)c2cnc(Nc3ccnc(-c4cnn(S(=O)C5CC5)c4)n3)cc21. The number of fused-ring (bicyclic) bond motifs is 1. The van der Waals surface area contributed by atoms with Gasteiger partial charge in [0.15, 0.2) is 11.6 Å². The minimum Gasteiger partial charge on any atom is -0.353 e. The minimum atomic E-state index is -4.16. The highest BCUT2D eigenvalue weighted by Gasteiger charge is 2.54. The monoisotopic (exact) mass is 586 g/mol. The van der Waals surface area contributed by atoms with E-state index in [9.17, 15) is 17.4 Å². The van der Waals surface area contributed by atoms with Gasteiger partial charge in [-0.05, 0) is 32.8 Å². The van der Waals surface area contributed by atoms with Gasteiger partial charge < -0.3 is 10.2 Å². The summed E-state index contributed by atoms with van der Waals surface area (Å²) in [5.74, 6) is 2.40. The Morgan fingerprint density at radius 2 is 1.90 bits per heavy atom. The summed E-state index contributed by atoms with van der Waals surface area (Å²) >= 11 is 0. The minimum absolute atomic E-state index is 0.0890. The lowest BCUT2D eigenvalue weighted by molar-refractivity contribution is -0.172. The highest BCUT2D eigenvalue weighted by Crippen LogP contribution is 2.44. The van der Waals surface area contributed by atoms with Gasteiger partial charge in [0.1, 0.15) is 22.6 Å². The Morgan fingerprint density at radius 1 is 1.12 bits per heavy atom. The molecule has 1 saturated carbocycles. The highest BCUT2D eigenvalue weighted by atomic mass is 32.2. The molecule has 3 aliphatic rings. The van der Waals surface area contributed by atoms with E-state index in [2.05, 4.69) is 44.1 Å². The molecule has 41 heavy (non-hydrogen) atoms. The van der Waals surface area contributed by atoms with Gasteiger partial charge in [-0.2, -0.15) is 27.5 Å². The van der Waals surface area contributed by atoms with Crippen molar-refractivity contribution in [3.63, 3.8) is 0 Å². The summed E-state index contributed by atoms with van der Waals surface area (Å²) < 4.78 is 54.0. The topological polar surface area (TPSA) is 110 Å². The van der Waals surface area contributed by atoms with E-state index in [1.807, 2.05) is 10.7 Å². The number of aromatic nitrogens is 7. The van der Waals surface area contributed by atoms with Gasteiger partial charge in [0.2, 0.25) is 0 Å². The van der Waals surface area contributed by atoms with Crippen molar-refractivity contribution in [1.29, 1.82) is 0 Å². The van der Waals surface area contributed by atoms with Crippen LogP contribution in [0.15, 0.2) is 36.9 Å². The number of nitrogens with zero attached hydrogens (tertiary/aromatic N) is 9. The van der Waals surface area contributed by atoms with E-state index in [0.717, 1.165) is 29.6 Å². The molecule has 3 fully saturated rings. The summed E-state index contributed by atoms with van der Waals surface area (Å²) in [5.41, 5.74) is 1.48. The van der Waals surface area contributed by atoms with Crippen LogP contribution in [0.4, 0.5) is 30.6 Å². The number of pyridine rings is 1. The molecule has 0 radical (unpaired) electrons. The first-order valence-electron chi connectivity index (χ1n) is 13.5. The summed E-state index contributed by atoms with van der Waals surface area (Å²) in [6.45, 7) is 5.53. The number of anilines is 3. The third kappa shape index (κ3) is 5.05. The molecule has 2 aliphatic heterocycles. The van der Waals surface area contributed by atoms with Crippen LogP contribution in [-0.2, 0) is 11.0 Å². The van der Waals surface area contributed by atoms with Crippen molar-refractivity contribution >= 4 is 39.3 Å². The quantitative estimate of drug-likeness (QED) is 0.330. The maximum Gasteiger partial charge on any atom is 0.401 e. The van der Waals surface area contributed by atoms with Crippen molar-refractivity contribution in [3.8, 4) is 11.4 Å². The van der Waals surface area contributed by atoms with Crippen LogP contribution in [0.5, 0.6) is 0 Å². The average molecular weight is 587 g/mol. The number of hydrogen-bond donors (Lipinski definition) is 1. The number of likely N-dealkylation sites (tertiary alicyclic amines) is 1. The summed E-state index contributed by atoms with van der Waals surface area (Å²) in [4.78, 5) is 17.2. The molecule has 0 bridgehead atoms. The van der Waals surface area contributed by atoms with Crippen LogP contribution in [0, 0.1) is 5.41 Å². The standard InChI is InChI=1S/C26H29F3N10OS/c1-16(2)39-20-7-22(33-21-5-6-30-23(34-21)17-8-32-38(10-17)41(40)18-3-4-18)31-9-19(20)24(35-39)37-13-25(14-37)11-36(12-25)15-26(27,28)29/h5-10,16,18H,3-4,11-15H2,1-2H3,(H,30,31,33,34). The Hall–Kier alpha value is -3.59. The van der Waals surface area contributed by atoms with Crippen LogP contribution in [0.2, 0.25) is 0 Å². The van der Waals surface area contributed by atoms with Gasteiger partial charge in [-0.15, -0.1) is 0 Å². The van der Waals surface area contributed by atoms with Gasteiger partial charge in [0.25, 0.3) is 0 Å². The Kier molecular flexibility index (Phi) is 6.08. The number of hydrogen-bond acceptors (Lipinski definition) is 9. The van der Waals surface area contributed by atoms with Crippen molar-refractivity contribution in [2.45, 2.75) is 44.2 Å². The van der Waals surface area contributed by atoms with Crippen molar-refractivity contribution in [2.24, 2.45) is 5.41 Å². The largest absolute Gasteiger partial charge is 0.401 e. The Labute approximate surface area is 236 Å². The molecule has 1 spiro atoms. The van der Waals surface area contributed by atoms with Crippen molar-refractivity contribution in [1.82, 2.24) is 38.8 Å². The molecule has 7 rings (SSSR count). The molecule has 1 aliphatic carbocycles. The third-order valence-corrected chi connectivity index (χ3v) is 9.27. The number of nitrogens with one attached hydrogen (secondary N) is 1. The highest BCUT2D eigenvalue weighted by molar-refractivity contribution is 7.84. The number of rotatable bonds is 8. The molecule has 1 N–H and O–H groups in total. The van der Waals surface area contributed by atoms with E-state index in [0.29, 0.717) is 49.2 Å². The molecule has 4 aromatic rings. The Balaban J connectivity index is 1.08. The predicted molar refractivity (Wildman–Crippen MR) is 148 cm³/mol. The first kappa shape index (κ1) is 26.3. The normalized spacial score (nSPS) is 19.5. The summed E-state index contributed by atoms with van der Waals surface area (Å²) in [5, 5.41) is 13.4. The molecule has 6 heterocycles. The molecule has 1 unspecified atom stereocenters. The lowest BCUT2D eigenvalue weighted by Crippen LogP contribution is -2.73. The third-order valence-electron chi connectivity index (χ3n) is 7.66. The van der Waals surface area contributed by atoms with Crippen LogP contribution in [-0.4, -0.2) is 87.2 Å². The maximum absolute atomic E-state index is 12.7. The van der Waals surface area contributed by atoms with Gasteiger partial charge in [-0.3, -0.25) is 9.58 Å². The van der Waals surface area contributed by atoms with Gasteiger partial charge in [0.05, 0.1) is 40.7 Å². The molecule has 4 aromatic heterocycles. The second kappa shape index (κ2) is 9.48. The molecule has 2 saturated heterocycles. The first-order valence-corrected chi connectivity index (χ1v) is 14.7. The molecule has 1 atom stereocenters. The van der Waals surface area contributed by atoms with Crippen molar-refractivity contribution in [2.75, 3.05) is 42.9 Å². The van der Waals surface area contributed by atoms with E-state index >= 15 is 0 Å². The van der Waals surface area contributed by atoms with Gasteiger partial charge in [0, 0.05) is 56.1 Å². The first-order chi connectivity index (χ1) is 19.6. The van der Waals surface area contributed by atoms with Crippen LogP contribution < -0.4 is 10.2 Å². The van der Waals surface area contributed by atoms with Crippen molar-refractivity contribution in [3.05, 3.63) is 36.9 Å². The molecule has 11 nitrogen and oxygen atoms in total. The summed E-state index contributed by atoms with van der Waals surface area (Å²) in [6, 6.07) is 3.76. The smallest absolute Gasteiger partial charge is 0.353 e. The van der Waals surface area contributed by atoms with Gasteiger partial charge >= 0.3 is 6.18 Å². The lowest BCUT2D eigenvalue weighted by Gasteiger charge is -2.60. The van der Waals surface area contributed by atoms with E-state index in [1.165, 1.54) is 8.99 Å². The molecular formula is C26H29F3N10OS. The molecule has 15 heteroatoms. The van der Waals surface area contributed by atoms with Gasteiger partial charge in [-0.25, -0.2) is 19.2 Å². The van der Waals surface area contributed by atoms with Gasteiger partial charge in [-0.1, -0.05) is 0 Å². The Morgan fingerprint density at radius 3 is 2.61 bits per heavy atom. The molecule has 0 amide bonds. The predicted octanol–water partition coefficient (Wildman–Crippen LogP) is 3.77. The van der Waals surface area contributed by atoms with E-state index in [1.54, 1.807) is 30.9 Å². The second-order valence-electron chi connectivity index (χ2n) is 11.6. The lowest BCUT2D eigenvalue weighted by atomic mass is 9.73. The zero-order chi connectivity index (χ0) is 28.5. The van der Waals surface area contributed by atoms with E-state index in [4.69, 9.17) is 5.10 Å². The van der Waals surface area contributed by atoms with Crippen LogP contribution >= 0.6 is 0 Å². The van der Waals surface area contributed by atoms with Crippen LogP contribution in [0.3, 0.4) is 0 Å².